The summed E-state index contributed by atoms with van der Waals surface area (Å²) in [6, 6.07) is 32.9. The van der Waals surface area contributed by atoms with Gasteiger partial charge in [0, 0.05) is 0 Å². The predicted octanol–water partition coefficient (Wildman–Crippen LogP) is 6.05. The molecule has 0 saturated carbocycles. The van der Waals surface area contributed by atoms with Crippen LogP contribution in [0.2, 0.25) is 0 Å². The van der Waals surface area contributed by atoms with Crippen molar-refractivity contribution in [1.82, 2.24) is 4.90 Å². The van der Waals surface area contributed by atoms with Crippen LogP contribution in [0, 0.1) is 0 Å². The molecule has 0 fully saturated rings. The van der Waals surface area contributed by atoms with Crippen LogP contribution in [0.25, 0.3) is 0 Å². The Kier molecular flexibility index (Phi) is 7.14. The van der Waals surface area contributed by atoms with Gasteiger partial charge in [0.1, 0.15) is 0 Å². The SMILES string of the molecule is CN(C)CCCCSC(c1ccccc1)(c1ccccc1)c1ccccc1. The number of hydrogen-bond acceptors (Lipinski definition) is 2. The van der Waals surface area contributed by atoms with Crippen molar-refractivity contribution >= 4 is 11.8 Å². The second kappa shape index (κ2) is 9.77. The molecule has 0 spiro atoms. The molecule has 0 atom stereocenters. The Bertz CT molecular complexity index is 688. The lowest BCUT2D eigenvalue weighted by Gasteiger charge is -2.35. The Labute approximate surface area is 168 Å². The fourth-order valence-electron chi connectivity index (χ4n) is 3.52. The summed E-state index contributed by atoms with van der Waals surface area (Å²) < 4.78 is -0.179. The van der Waals surface area contributed by atoms with Crippen molar-refractivity contribution in [2.45, 2.75) is 17.6 Å². The van der Waals surface area contributed by atoms with E-state index in [1.165, 1.54) is 29.5 Å². The van der Waals surface area contributed by atoms with Crippen molar-refractivity contribution in [3.8, 4) is 0 Å². The molecular formula is C25H29NS. The van der Waals surface area contributed by atoms with Crippen LogP contribution in [-0.2, 0) is 4.75 Å². The van der Waals surface area contributed by atoms with Crippen LogP contribution in [0.5, 0.6) is 0 Å². The first kappa shape index (κ1) is 19.7. The van der Waals surface area contributed by atoms with E-state index in [0.717, 1.165) is 12.3 Å². The third-order valence-corrected chi connectivity index (χ3v) is 6.49. The molecule has 0 unspecified atom stereocenters. The average molecular weight is 376 g/mol. The van der Waals surface area contributed by atoms with Gasteiger partial charge in [-0.25, -0.2) is 0 Å². The highest BCUT2D eigenvalue weighted by atomic mass is 32.2. The Morgan fingerprint density at radius 2 is 1.04 bits per heavy atom. The van der Waals surface area contributed by atoms with Crippen molar-refractivity contribution < 1.29 is 0 Å². The number of benzene rings is 3. The van der Waals surface area contributed by atoms with Crippen LogP contribution in [0.1, 0.15) is 29.5 Å². The Balaban J connectivity index is 2.01. The quantitative estimate of drug-likeness (QED) is 0.331. The summed E-state index contributed by atoms with van der Waals surface area (Å²) in [7, 11) is 4.30. The van der Waals surface area contributed by atoms with Gasteiger partial charge in [-0.15, -0.1) is 11.8 Å². The molecule has 0 aliphatic carbocycles. The topological polar surface area (TPSA) is 3.24 Å². The minimum atomic E-state index is -0.179. The van der Waals surface area contributed by atoms with Crippen LogP contribution >= 0.6 is 11.8 Å². The molecule has 0 N–H and O–H groups in total. The first-order valence-electron chi connectivity index (χ1n) is 9.69. The van der Waals surface area contributed by atoms with E-state index in [4.69, 9.17) is 0 Å². The normalized spacial score (nSPS) is 11.7. The first-order valence-corrected chi connectivity index (χ1v) is 10.7. The van der Waals surface area contributed by atoms with Gasteiger partial charge >= 0.3 is 0 Å². The Morgan fingerprint density at radius 3 is 1.41 bits per heavy atom. The smallest absolute Gasteiger partial charge is 0.0906 e. The lowest BCUT2D eigenvalue weighted by Crippen LogP contribution is -2.26. The van der Waals surface area contributed by atoms with E-state index in [-0.39, 0.29) is 4.75 Å². The van der Waals surface area contributed by atoms with Gasteiger partial charge in [-0.3, -0.25) is 0 Å². The maximum atomic E-state index is 2.27. The van der Waals surface area contributed by atoms with E-state index < -0.39 is 0 Å². The van der Waals surface area contributed by atoms with Crippen LogP contribution < -0.4 is 0 Å². The molecule has 0 amide bonds. The van der Waals surface area contributed by atoms with Gasteiger partial charge < -0.3 is 4.90 Å². The second-order valence-corrected chi connectivity index (χ2v) is 8.45. The molecule has 0 radical (unpaired) electrons. The molecule has 3 rings (SSSR count). The largest absolute Gasteiger partial charge is 0.309 e. The number of nitrogens with zero attached hydrogens (tertiary/aromatic N) is 1. The number of unbranched alkanes of at least 4 members (excludes halogenated alkanes) is 1. The second-order valence-electron chi connectivity index (χ2n) is 7.14. The zero-order valence-electron chi connectivity index (χ0n) is 16.3. The highest BCUT2D eigenvalue weighted by Gasteiger charge is 2.36. The lowest BCUT2D eigenvalue weighted by molar-refractivity contribution is 0.398. The number of hydrogen-bond donors (Lipinski definition) is 0. The van der Waals surface area contributed by atoms with Gasteiger partial charge in [-0.2, -0.15) is 0 Å². The number of thioether (sulfide) groups is 1. The molecule has 3 aromatic carbocycles. The molecule has 0 aromatic heterocycles. The minimum Gasteiger partial charge on any atom is -0.309 e. The zero-order valence-corrected chi connectivity index (χ0v) is 17.2. The molecule has 1 nitrogen and oxygen atoms in total. The zero-order chi connectivity index (χ0) is 19.0. The summed E-state index contributed by atoms with van der Waals surface area (Å²) in [5, 5.41) is 0. The minimum absolute atomic E-state index is 0.179. The summed E-state index contributed by atoms with van der Waals surface area (Å²) in [6.07, 6.45) is 2.45. The lowest BCUT2D eigenvalue weighted by atomic mass is 9.84. The molecule has 0 aliphatic heterocycles. The number of rotatable bonds is 9. The van der Waals surface area contributed by atoms with E-state index in [0.29, 0.717) is 0 Å². The summed E-state index contributed by atoms with van der Waals surface area (Å²) >= 11 is 2.06. The molecule has 0 bridgehead atoms. The molecule has 140 valence electrons. The van der Waals surface area contributed by atoms with Gasteiger partial charge in [0.05, 0.1) is 4.75 Å². The maximum Gasteiger partial charge on any atom is 0.0906 e. The van der Waals surface area contributed by atoms with Crippen molar-refractivity contribution in [1.29, 1.82) is 0 Å². The molecular weight excluding hydrogens is 346 g/mol. The summed E-state index contributed by atoms with van der Waals surface area (Å²) in [4.78, 5) is 2.27. The fourth-order valence-corrected chi connectivity index (χ4v) is 5.09. The summed E-state index contributed by atoms with van der Waals surface area (Å²) in [5.41, 5.74) is 4.04. The summed E-state index contributed by atoms with van der Waals surface area (Å²) in [6.45, 7) is 1.15. The van der Waals surface area contributed by atoms with Gasteiger partial charge in [0.25, 0.3) is 0 Å². The van der Waals surface area contributed by atoms with Crippen LogP contribution in [-0.4, -0.2) is 31.3 Å². The molecule has 0 aliphatic rings. The van der Waals surface area contributed by atoms with Crippen LogP contribution in [0.3, 0.4) is 0 Å². The average Bonchev–Trinajstić information content (AvgIpc) is 2.73. The third kappa shape index (κ3) is 4.82. The van der Waals surface area contributed by atoms with Gasteiger partial charge in [-0.1, -0.05) is 91.0 Å². The van der Waals surface area contributed by atoms with Crippen molar-refractivity contribution in [2.75, 3.05) is 26.4 Å². The highest BCUT2D eigenvalue weighted by Crippen LogP contribution is 2.48. The van der Waals surface area contributed by atoms with Gasteiger partial charge in [0.15, 0.2) is 0 Å². The standard InChI is InChI=1S/C25H29NS/c1-26(2)20-12-13-21-27-25(22-14-6-3-7-15-22,23-16-8-4-9-17-23)24-18-10-5-11-19-24/h3-11,14-19H,12-13,20-21H2,1-2H3. The van der Waals surface area contributed by atoms with Crippen molar-refractivity contribution in [2.24, 2.45) is 0 Å². The predicted molar refractivity (Wildman–Crippen MR) is 119 cm³/mol. The molecule has 27 heavy (non-hydrogen) atoms. The fraction of sp³-hybridized carbons (Fsp3) is 0.280. The van der Waals surface area contributed by atoms with Crippen molar-refractivity contribution in [3.05, 3.63) is 108 Å². The Morgan fingerprint density at radius 1 is 0.630 bits per heavy atom. The Hall–Kier alpha value is -2.03. The monoisotopic (exact) mass is 375 g/mol. The van der Waals surface area contributed by atoms with Gasteiger partial charge in [0.2, 0.25) is 0 Å². The van der Waals surface area contributed by atoms with Crippen LogP contribution in [0.15, 0.2) is 91.0 Å². The van der Waals surface area contributed by atoms with Crippen LogP contribution in [0.4, 0.5) is 0 Å². The molecule has 2 heteroatoms. The van der Waals surface area contributed by atoms with E-state index in [9.17, 15) is 0 Å². The third-order valence-electron chi connectivity index (χ3n) is 4.86. The highest BCUT2D eigenvalue weighted by molar-refractivity contribution is 8.00. The van der Waals surface area contributed by atoms with E-state index in [2.05, 4.69) is 122 Å². The molecule has 3 aromatic rings. The first-order chi connectivity index (χ1) is 13.2. The molecule has 0 saturated heterocycles. The van der Waals surface area contributed by atoms with Gasteiger partial charge in [-0.05, 0) is 55.9 Å². The maximum absolute atomic E-state index is 2.27. The molecule has 0 heterocycles. The van der Waals surface area contributed by atoms with E-state index in [1.807, 2.05) is 0 Å². The van der Waals surface area contributed by atoms with E-state index in [1.54, 1.807) is 0 Å². The summed E-state index contributed by atoms with van der Waals surface area (Å²) in [5.74, 6) is 1.13. The van der Waals surface area contributed by atoms with E-state index >= 15 is 0 Å². The van der Waals surface area contributed by atoms with Crippen molar-refractivity contribution in [3.63, 3.8) is 0 Å².